The molecule has 4 rings (SSSR count). The minimum atomic E-state index is -1.34. The standard InChI is InChI=1S/C18H17N5O2S/c1-11-15(19-6-5-16(11)25-2)10-26(24)18-22-13-4-3-12(9-14(13)23-18)17-20-7-8-21-17/h3-9,17H,10H2,1-2H3,(H,22,23). The van der Waals surface area contributed by atoms with Gasteiger partial charge in [0.1, 0.15) is 5.75 Å². The summed E-state index contributed by atoms with van der Waals surface area (Å²) in [7, 11) is 0.269. The summed E-state index contributed by atoms with van der Waals surface area (Å²) in [4.78, 5) is 20.5. The predicted octanol–water partition coefficient (Wildman–Crippen LogP) is 2.74. The van der Waals surface area contributed by atoms with E-state index in [2.05, 4.69) is 24.9 Å². The topological polar surface area (TPSA) is 92.6 Å². The Morgan fingerprint density at radius 2 is 2.04 bits per heavy atom. The smallest absolute Gasteiger partial charge is 0.197 e. The fourth-order valence-electron chi connectivity index (χ4n) is 2.84. The zero-order chi connectivity index (χ0) is 18.1. The molecule has 7 nitrogen and oxygen atoms in total. The van der Waals surface area contributed by atoms with Crippen LogP contribution >= 0.6 is 0 Å². The van der Waals surface area contributed by atoms with Crippen molar-refractivity contribution >= 4 is 34.3 Å². The van der Waals surface area contributed by atoms with Gasteiger partial charge in [-0.25, -0.2) is 4.98 Å². The third kappa shape index (κ3) is 3.03. The van der Waals surface area contributed by atoms with Crippen molar-refractivity contribution in [2.75, 3.05) is 7.11 Å². The van der Waals surface area contributed by atoms with Gasteiger partial charge in [0.2, 0.25) is 0 Å². The summed E-state index contributed by atoms with van der Waals surface area (Å²) in [6.07, 6.45) is 4.82. The highest BCUT2D eigenvalue weighted by Crippen LogP contribution is 2.25. The highest BCUT2D eigenvalue weighted by atomic mass is 32.2. The molecule has 0 fully saturated rings. The van der Waals surface area contributed by atoms with Gasteiger partial charge >= 0.3 is 0 Å². The summed E-state index contributed by atoms with van der Waals surface area (Å²) in [5.41, 5.74) is 4.17. The van der Waals surface area contributed by atoms with E-state index >= 15 is 0 Å². The van der Waals surface area contributed by atoms with Crippen LogP contribution in [-0.2, 0) is 16.6 Å². The lowest BCUT2D eigenvalue weighted by molar-refractivity contribution is 0.410. The number of hydrogen-bond acceptors (Lipinski definition) is 6. The Kier molecular flexibility index (Phi) is 4.34. The predicted molar refractivity (Wildman–Crippen MR) is 101 cm³/mol. The number of aliphatic imine (C=N–C) groups is 2. The van der Waals surface area contributed by atoms with E-state index in [1.165, 1.54) is 0 Å². The molecule has 3 heterocycles. The van der Waals surface area contributed by atoms with Crippen molar-refractivity contribution in [1.29, 1.82) is 0 Å². The van der Waals surface area contributed by atoms with E-state index in [0.29, 0.717) is 5.16 Å². The van der Waals surface area contributed by atoms with Crippen molar-refractivity contribution in [2.24, 2.45) is 9.98 Å². The Morgan fingerprint density at radius 1 is 1.23 bits per heavy atom. The van der Waals surface area contributed by atoms with Crippen LogP contribution in [0, 0.1) is 6.92 Å². The molecule has 132 valence electrons. The summed E-state index contributed by atoms with van der Waals surface area (Å²) in [6, 6.07) is 7.57. The highest BCUT2D eigenvalue weighted by Gasteiger charge is 2.16. The van der Waals surface area contributed by atoms with E-state index in [-0.39, 0.29) is 11.9 Å². The van der Waals surface area contributed by atoms with Crippen molar-refractivity contribution in [3.8, 4) is 5.75 Å². The van der Waals surface area contributed by atoms with Crippen LogP contribution in [0.5, 0.6) is 5.75 Å². The maximum Gasteiger partial charge on any atom is 0.197 e. The fourth-order valence-corrected chi connectivity index (χ4v) is 3.94. The average Bonchev–Trinajstić information content (AvgIpc) is 3.32. The number of pyridine rings is 1. The zero-order valence-electron chi connectivity index (χ0n) is 14.3. The monoisotopic (exact) mass is 367 g/mol. The first kappa shape index (κ1) is 16.6. The van der Waals surface area contributed by atoms with Crippen LogP contribution in [0.25, 0.3) is 11.0 Å². The third-order valence-corrected chi connectivity index (χ3v) is 5.43. The summed E-state index contributed by atoms with van der Waals surface area (Å²) >= 11 is 0. The summed E-state index contributed by atoms with van der Waals surface area (Å²) < 4.78 is 18.1. The lowest BCUT2D eigenvalue weighted by Crippen LogP contribution is -2.03. The zero-order valence-corrected chi connectivity index (χ0v) is 15.2. The summed E-state index contributed by atoms with van der Waals surface area (Å²) in [5, 5.41) is 0.430. The van der Waals surface area contributed by atoms with Crippen LogP contribution in [-0.4, -0.2) is 38.7 Å². The number of aromatic nitrogens is 3. The molecule has 1 N–H and O–H groups in total. The Hall–Kier alpha value is -2.87. The number of methoxy groups -OCH3 is 1. The number of benzene rings is 1. The Morgan fingerprint density at radius 3 is 2.81 bits per heavy atom. The quantitative estimate of drug-likeness (QED) is 0.750. The number of nitrogens with one attached hydrogen (secondary N) is 1. The first-order valence-corrected chi connectivity index (χ1v) is 9.39. The van der Waals surface area contributed by atoms with Crippen LogP contribution in [0.1, 0.15) is 23.0 Å². The summed E-state index contributed by atoms with van der Waals surface area (Å²) in [5.74, 6) is 1.01. The van der Waals surface area contributed by atoms with Gasteiger partial charge in [0, 0.05) is 29.8 Å². The van der Waals surface area contributed by atoms with Crippen LogP contribution in [0.4, 0.5) is 0 Å². The van der Waals surface area contributed by atoms with Gasteiger partial charge in [-0.3, -0.25) is 19.2 Å². The SMILES string of the molecule is COc1ccnc(CS(=O)c2nc3ccc(C4N=CC=N4)cc3[nH]2)c1C. The molecule has 0 saturated carbocycles. The second-order valence-electron chi connectivity index (χ2n) is 5.86. The molecule has 0 spiro atoms. The van der Waals surface area contributed by atoms with Crippen molar-refractivity contribution in [3.05, 3.63) is 47.3 Å². The van der Waals surface area contributed by atoms with Crippen molar-refractivity contribution in [1.82, 2.24) is 15.0 Å². The maximum atomic E-state index is 12.8. The van der Waals surface area contributed by atoms with E-state index in [1.807, 2.05) is 25.1 Å². The van der Waals surface area contributed by atoms with Crippen molar-refractivity contribution in [3.63, 3.8) is 0 Å². The molecule has 0 bridgehead atoms. The average molecular weight is 367 g/mol. The maximum absolute atomic E-state index is 12.8. The van der Waals surface area contributed by atoms with Gasteiger partial charge in [0.15, 0.2) is 11.3 Å². The van der Waals surface area contributed by atoms with Gasteiger partial charge in [0.25, 0.3) is 0 Å². The normalized spacial score (nSPS) is 15.0. The molecule has 1 aromatic carbocycles. The molecule has 1 atom stereocenters. The number of rotatable bonds is 5. The van der Waals surface area contributed by atoms with Crippen molar-refractivity contribution < 1.29 is 8.95 Å². The molecular formula is C18H17N5O2S. The highest BCUT2D eigenvalue weighted by molar-refractivity contribution is 7.84. The number of aromatic amines is 1. The van der Waals surface area contributed by atoms with Gasteiger partial charge in [-0.1, -0.05) is 6.07 Å². The first-order chi connectivity index (χ1) is 12.7. The molecule has 1 aliphatic heterocycles. The van der Waals surface area contributed by atoms with Gasteiger partial charge in [-0.05, 0) is 25.1 Å². The number of imidazole rings is 1. The molecule has 0 radical (unpaired) electrons. The van der Waals surface area contributed by atoms with Crippen molar-refractivity contribution in [2.45, 2.75) is 24.0 Å². The van der Waals surface area contributed by atoms with E-state index in [0.717, 1.165) is 33.6 Å². The van der Waals surface area contributed by atoms with E-state index in [1.54, 1.807) is 31.8 Å². The lowest BCUT2D eigenvalue weighted by atomic mass is 10.1. The lowest BCUT2D eigenvalue weighted by Gasteiger charge is -2.08. The minimum absolute atomic E-state index is 0.208. The Labute approximate surface area is 152 Å². The largest absolute Gasteiger partial charge is 0.496 e. The molecule has 3 aromatic rings. The molecule has 26 heavy (non-hydrogen) atoms. The molecule has 0 amide bonds. The molecule has 1 unspecified atom stereocenters. The van der Waals surface area contributed by atoms with Gasteiger partial charge in [-0.15, -0.1) is 0 Å². The third-order valence-electron chi connectivity index (χ3n) is 4.27. The number of ether oxygens (including phenoxy) is 1. The van der Waals surface area contributed by atoms with Crippen LogP contribution in [0.2, 0.25) is 0 Å². The molecular weight excluding hydrogens is 350 g/mol. The molecule has 0 aliphatic carbocycles. The minimum Gasteiger partial charge on any atom is -0.496 e. The van der Waals surface area contributed by atoms with Gasteiger partial charge in [-0.2, -0.15) is 0 Å². The molecule has 8 heteroatoms. The van der Waals surface area contributed by atoms with Gasteiger partial charge < -0.3 is 9.72 Å². The molecule has 1 aliphatic rings. The van der Waals surface area contributed by atoms with Crippen LogP contribution < -0.4 is 4.74 Å². The van der Waals surface area contributed by atoms with Crippen LogP contribution in [0.15, 0.2) is 45.6 Å². The van der Waals surface area contributed by atoms with E-state index in [9.17, 15) is 4.21 Å². The van der Waals surface area contributed by atoms with Gasteiger partial charge in [0.05, 0.1) is 40.4 Å². The number of nitrogens with zero attached hydrogens (tertiary/aromatic N) is 4. The number of hydrogen-bond donors (Lipinski definition) is 1. The number of H-pyrrole nitrogens is 1. The Bertz CT molecular complexity index is 1040. The second-order valence-corrected chi connectivity index (χ2v) is 7.23. The number of fused-ring (bicyclic) bond motifs is 1. The first-order valence-electron chi connectivity index (χ1n) is 8.07. The fraction of sp³-hybridized carbons (Fsp3) is 0.222. The molecule has 0 saturated heterocycles. The van der Waals surface area contributed by atoms with Crippen LogP contribution in [0.3, 0.4) is 0 Å². The molecule has 2 aromatic heterocycles. The summed E-state index contributed by atoms with van der Waals surface area (Å²) in [6.45, 7) is 1.91. The van der Waals surface area contributed by atoms with E-state index < -0.39 is 10.8 Å². The van der Waals surface area contributed by atoms with E-state index in [4.69, 9.17) is 4.74 Å². The Balaban J connectivity index is 1.61. The second kappa shape index (κ2) is 6.80.